The van der Waals surface area contributed by atoms with Crippen LogP contribution in [0.2, 0.25) is 0 Å². The normalized spacial score (nSPS) is 19.9. The Kier molecular flexibility index (Phi) is 8.22. The molecule has 9 heteroatoms. The second-order valence-electron chi connectivity index (χ2n) is 5.88. The number of rotatable bonds is 2. The molecule has 0 saturated carbocycles. The van der Waals surface area contributed by atoms with E-state index in [0.717, 1.165) is 23.4 Å². The average Bonchev–Trinajstić information content (AvgIpc) is 2.56. The van der Waals surface area contributed by atoms with E-state index in [-0.39, 0.29) is 30.7 Å². The van der Waals surface area contributed by atoms with Crippen LogP contribution in [-0.2, 0) is 9.53 Å². The highest BCUT2D eigenvalue weighted by Gasteiger charge is 2.39. The molecule has 0 aliphatic carbocycles. The van der Waals surface area contributed by atoms with Gasteiger partial charge in [0.15, 0.2) is 0 Å². The number of halogens is 3. The Morgan fingerprint density at radius 1 is 1.17 bits per heavy atom. The lowest BCUT2D eigenvalue weighted by atomic mass is 9.89. The summed E-state index contributed by atoms with van der Waals surface area (Å²) in [4.78, 5) is 21.2. The van der Waals surface area contributed by atoms with Gasteiger partial charge in [-0.15, -0.1) is 24.8 Å². The summed E-state index contributed by atoms with van der Waals surface area (Å²) in [6, 6.07) is 3.97. The maximum atomic E-state index is 12.7. The maximum absolute atomic E-state index is 12.7. The van der Waals surface area contributed by atoms with Crippen LogP contribution in [-0.4, -0.2) is 60.7 Å². The predicted molar refractivity (Wildman–Crippen MR) is 102 cm³/mol. The number of piperazine rings is 1. The molecule has 0 spiro atoms. The van der Waals surface area contributed by atoms with Crippen molar-refractivity contribution in [3.8, 4) is 0 Å². The molecule has 3 heterocycles. The number of nitrogens with zero attached hydrogens (tertiary/aromatic N) is 3. The van der Waals surface area contributed by atoms with Crippen LogP contribution in [0.4, 0.5) is 5.82 Å². The lowest BCUT2D eigenvalue weighted by molar-refractivity contribution is -0.140. The third-order valence-electron chi connectivity index (χ3n) is 4.41. The molecule has 24 heavy (non-hydrogen) atoms. The summed E-state index contributed by atoms with van der Waals surface area (Å²) in [5.74, 6) is 1.02. The van der Waals surface area contributed by atoms with Gasteiger partial charge >= 0.3 is 0 Å². The third kappa shape index (κ3) is 4.73. The number of amides is 1. The highest BCUT2D eigenvalue weighted by atomic mass is 79.9. The summed E-state index contributed by atoms with van der Waals surface area (Å²) in [7, 11) is 0. The van der Waals surface area contributed by atoms with Gasteiger partial charge in [0.2, 0.25) is 5.91 Å². The summed E-state index contributed by atoms with van der Waals surface area (Å²) in [5, 5.41) is 0. The lowest BCUT2D eigenvalue weighted by Crippen LogP contribution is -2.61. The van der Waals surface area contributed by atoms with Gasteiger partial charge in [-0.3, -0.25) is 4.79 Å². The Morgan fingerprint density at radius 3 is 2.33 bits per heavy atom. The van der Waals surface area contributed by atoms with Gasteiger partial charge in [-0.1, -0.05) is 0 Å². The van der Waals surface area contributed by atoms with Crippen LogP contribution < -0.4 is 10.6 Å². The highest BCUT2D eigenvalue weighted by molar-refractivity contribution is 9.10. The van der Waals surface area contributed by atoms with Gasteiger partial charge in [0.05, 0.1) is 5.54 Å². The van der Waals surface area contributed by atoms with Crippen molar-refractivity contribution in [2.24, 2.45) is 5.73 Å². The third-order valence-corrected chi connectivity index (χ3v) is 4.88. The number of nitrogens with two attached hydrogens (primary N) is 1. The molecule has 1 aromatic rings. The molecule has 0 atom stereocenters. The number of pyridine rings is 1. The molecule has 3 rings (SSSR count). The fourth-order valence-corrected chi connectivity index (χ4v) is 3.19. The Balaban J connectivity index is 0.00000144. The van der Waals surface area contributed by atoms with Gasteiger partial charge in [0, 0.05) is 50.1 Å². The minimum Gasteiger partial charge on any atom is -0.381 e. The molecule has 2 aliphatic rings. The first kappa shape index (κ1) is 21.4. The van der Waals surface area contributed by atoms with Crippen molar-refractivity contribution in [3.05, 3.63) is 22.8 Å². The van der Waals surface area contributed by atoms with E-state index in [1.165, 1.54) is 0 Å². The number of carbonyl (C=O) groups is 1. The standard InChI is InChI=1S/C15H21BrN4O2.2ClH/c16-12-1-2-13(18-11-12)19-5-7-20(8-6-19)14(21)15(17)3-9-22-10-4-15;;/h1-2,11H,3-10,17H2;2*1H. The highest BCUT2D eigenvalue weighted by Crippen LogP contribution is 2.22. The van der Waals surface area contributed by atoms with Crippen molar-refractivity contribution < 1.29 is 9.53 Å². The first-order valence-electron chi connectivity index (χ1n) is 7.61. The summed E-state index contributed by atoms with van der Waals surface area (Å²) >= 11 is 3.39. The van der Waals surface area contributed by atoms with E-state index in [0.29, 0.717) is 39.1 Å². The van der Waals surface area contributed by atoms with Crippen LogP contribution in [0.3, 0.4) is 0 Å². The molecular weight excluding hydrogens is 419 g/mol. The Bertz CT molecular complexity index is 533. The first-order valence-corrected chi connectivity index (χ1v) is 8.40. The Hall–Kier alpha value is -0.600. The molecule has 2 saturated heterocycles. The van der Waals surface area contributed by atoms with E-state index in [1.807, 2.05) is 17.0 Å². The zero-order valence-electron chi connectivity index (χ0n) is 13.3. The van der Waals surface area contributed by atoms with Crippen molar-refractivity contribution >= 4 is 52.5 Å². The SMILES string of the molecule is Cl.Cl.NC1(C(=O)N2CCN(c3ccc(Br)cn3)CC2)CCOCC1. The zero-order valence-corrected chi connectivity index (χ0v) is 16.5. The van der Waals surface area contributed by atoms with E-state index in [1.54, 1.807) is 6.20 Å². The molecule has 0 unspecified atom stereocenters. The molecule has 136 valence electrons. The molecule has 2 aliphatic heterocycles. The van der Waals surface area contributed by atoms with Gasteiger partial charge in [-0.2, -0.15) is 0 Å². The van der Waals surface area contributed by atoms with Crippen LogP contribution in [0.5, 0.6) is 0 Å². The summed E-state index contributed by atoms with van der Waals surface area (Å²) < 4.78 is 6.28. The van der Waals surface area contributed by atoms with Gasteiger partial charge in [0.25, 0.3) is 0 Å². The van der Waals surface area contributed by atoms with Gasteiger partial charge in [-0.25, -0.2) is 4.98 Å². The smallest absolute Gasteiger partial charge is 0.242 e. The van der Waals surface area contributed by atoms with Crippen molar-refractivity contribution in [1.82, 2.24) is 9.88 Å². The minimum atomic E-state index is -0.740. The number of carbonyl (C=O) groups excluding carboxylic acids is 1. The predicted octanol–water partition coefficient (Wildman–Crippen LogP) is 1.84. The summed E-state index contributed by atoms with van der Waals surface area (Å²) in [6.45, 7) is 4.10. The van der Waals surface area contributed by atoms with Crippen molar-refractivity contribution in [2.45, 2.75) is 18.4 Å². The van der Waals surface area contributed by atoms with E-state index in [9.17, 15) is 4.79 Å². The van der Waals surface area contributed by atoms with Crippen molar-refractivity contribution in [2.75, 3.05) is 44.3 Å². The number of hydrogen-bond donors (Lipinski definition) is 1. The molecule has 0 radical (unpaired) electrons. The molecule has 2 fully saturated rings. The molecular formula is C15H23BrCl2N4O2. The fourth-order valence-electron chi connectivity index (χ4n) is 2.96. The molecule has 6 nitrogen and oxygen atoms in total. The number of anilines is 1. The minimum absolute atomic E-state index is 0. The molecule has 2 N–H and O–H groups in total. The van der Waals surface area contributed by atoms with E-state index >= 15 is 0 Å². The van der Waals surface area contributed by atoms with Gasteiger partial charge in [0.1, 0.15) is 5.82 Å². The number of aromatic nitrogens is 1. The monoisotopic (exact) mass is 440 g/mol. The molecule has 0 aromatic carbocycles. The van der Waals surface area contributed by atoms with E-state index in [4.69, 9.17) is 10.5 Å². The van der Waals surface area contributed by atoms with Crippen LogP contribution in [0.1, 0.15) is 12.8 Å². The Morgan fingerprint density at radius 2 is 1.79 bits per heavy atom. The van der Waals surface area contributed by atoms with Gasteiger partial charge in [-0.05, 0) is 40.9 Å². The van der Waals surface area contributed by atoms with Crippen LogP contribution >= 0.6 is 40.7 Å². The van der Waals surface area contributed by atoms with Gasteiger partial charge < -0.3 is 20.3 Å². The largest absolute Gasteiger partial charge is 0.381 e. The lowest BCUT2D eigenvalue weighted by Gasteiger charge is -2.41. The molecule has 1 amide bonds. The summed E-state index contributed by atoms with van der Waals surface area (Å²) in [6.07, 6.45) is 3.02. The Labute approximate surface area is 163 Å². The number of hydrogen-bond acceptors (Lipinski definition) is 5. The second-order valence-corrected chi connectivity index (χ2v) is 6.80. The fraction of sp³-hybridized carbons (Fsp3) is 0.600. The molecule has 1 aromatic heterocycles. The van der Waals surface area contributed by atoms with E-state index in [2.05, 4.69) is 25.8 Å². The average molecular weight is 442 g/mol. The maximum Gasteiger partial charge on any atom is 0.242 e. The van der Waals surface area contributed by atoms with Crippen molar-refractivity contribution in [1.29, 1.82) is 0 Å². The quantitative estimate of drug-likeness (QED) is 0.758. The molecule has 0 bridgehead atoms. The van der Waals surface area contributed by atoms with Crippen LogP contribution in [0.25, 0.3) is 0 Å². The number of ether oxygens (including phenoxy) is 1. The van der Waals surface area contributed by atoms with Crippen LogP contribution in [0, 0.1) is 0 Å². The van der Waals surface area contributed by atoms with E-state index < -0.39 is 5.54 Å². The first-order chi connectivity index (χ1) is 10.6. The zero-order chi connectivity index (χ0) is 15.6. The van der Waals surface area contributed by atoms with Crippen molar-refractivity contribution in [3.63, 3.8) is 0 Å². The van der Waals surface area contributed by atoms with Crippen LogP contribution in [0.15, 0.2) is 22.8 Å². The summed E-state index contributed by atoms with van der Waals surface area (Å²) in [5.41, 5.74) is 5.55. The topological polar surface area (TPSA) is 71.7 Å². The second kappa shape index (κ2) is 9.20.